The molecule has 4 aliphatic rings. The third-order valence-corrected chi connectivity index (χ3v) is 17.1. The van der Waals surface area contributed by atoms with Crippen molar-refractivity contribution in [2.24, 2.45) is 0 Å². The van der Waals surface area contributed by atoms with Gasteiger partial charge in [-0.05, 0) is 117 Å². The number of hydrogen-bond acceptors (Lipinski definition) is 3. The average Bonchev–Trinajstić information content (AvgIpc) is 3.97. The zero-order chi connectivity index (χ0) is 42.7. The predicted octanol–water partition coefficient (Wildman–Crippen LogP) is 17.4. The number of thiophene rings is 1. The highest BCUT2D eigenvalue weighted by molar-refractivity contribution is 7.99. The topological polar surface area (TPSA) is 3.24 Å². The summed E-state index contributed by atoms with van der Waals surface area (Å²) in [4.78, 5) is 4.87. The molecule has 0 bridgehead atoms. The van der Waals surface area contributed by atoms with Crippen LogP contribution in [0.25, 0.3) is 42.9 Å². The van der Waals surface area contributed by atoms with Crippen LogP contribution >= 0.6 is 34.7 Å². The number of hydrogen-bond donors (Lipinski definition) is 0. The zero-order valence-corrected chi connectivity index (χ0v) is 37.9. The van der Waals surface area contributed by atoms with Crippen molar-refractivity contribution >= 4 is 83.6 Å². The molecule has 64 heavy (non-hydrogen) atoms. The first-order valence-corrected chi connectivity index (χ1v) is 24.2. The molecule has 1 nitrogen and oxygen atoms in total. The summed E-state index contributed by atoms with van der Waals surface area (Å²) in [6.07, 6.45) is 12.9. The fourth-order valence-corrected chi connectivity index (χ4v) is 13.9. The highest BCUT2D eigenvalue weighted by Crippen LogP contribution is 2.63. The minimum atomic E-state index is -0.563. The molecule has 1 aliphatic heterocycles. The molecular weight excluding hydrogens is 834 g/mol. The van der Waals surface area contributed by atoms with Gasteiger partial charge in [0.1, 0.15) is 0 Å². The summed E-state index contributed by atoms with van der Waals surface area (Å²) in [5.41, 5.74) is 17.0. The molecule has 2 heterocycles. The number of benzene rings is 8. The Kier molecular flexibility index (Phi) is 8.53. The van der Waals surface area contributed by atoms with Crippen molar-refractivity contribution in [1.82, 2.24) is 0 Å². The number of rotatable bonds is 5. The highest BCUT2D eigenvalue weighted by atomic mass is 35.5. The van der Waals surface area contributed by atoms with E-state index in [2.05, 4.69) is 213 Å². The van der Waals surface area contributed by atoms with Crippen LogP contribution in [0.2, 0.25) is 5.02 Å². The number of anilines is 3. The van der Waals surface area contributed by atoms with Crippen LogP contribution in [0.1, 0.15) is 70.7 Å². The third kappa shape index (κ3) is 5.57. The fraction of sp³-hybridized carbons (Fsp3) is 0.100. The van der Waals surface area contributed by atoms with Crippen LogP contribution in [-0.2, 0) is 10.8 Å². The van der Waals surface area contributed by atoms with Crippen molar-refractivity contribution in [3.8, 4) is 11.1 Å². The molecule has 1 unspecified atom stereocenters. The maximum Gasteiger partial charge on any atom is 0.0736 e. The van der Waals surface area contributed by atoms with E-state index in [1.807, 2.05) is 17.4 Å². The number of fused-ring (bicyclic) bond motifs is 13. The van der Waals surface area contributed by atoms with Crippen molar-refractivity contribution in [2.75, 3.05) is 4.90 Å². The Morgan fingerprint density at radius 2 is 1.30 bits per heavy atom. The van der Waals surface area contributed by atoms with Crippen LogP contribution < -0.4 is 4.90 Å². The summed E-state index contributed by atoms with van der Waals surface area (Å²) in [5.74, 6) is 0.359. The lowest BCUT2D eigenvalue weighted by atomic mass is 9.67. The van der Waals surface area contributed by atoms with Crippen LogP contribution in [-0.4, -0.2) is 0 Å². The van der Waals surface area contributed by atoms with Crippen LogP contribution in [0, 0.1) is 0 Å². The first-order valence-electron chi connectivity index (χ1n) is 22.2. The van der Waals surface area contributed by atoms with E-state index in [9.17, 15) is 0 Å². The van der Waals surface area contributed by atoms with Crippen LogP contribution in [0.3, 0.4) is 0 Å². The van der Waals surface area contributed by atoms with E-state index in [0.717, 1.165) is 33.4 Å². The lowest BCUT2D eigenvalue weighted by Crippen LogP contribution is -2.32. The smallest absolute Gasteiger partial charge is 0.0736 e. The van der Waals surface area contributed by atoms with Gasteiger partial charge in [-0.3, -0.25) is 0 Å². The van der Waals surface area contributed by atoms with E-state index in [-0.39, 0.29) is 5.41 Å². The predicted molar refractivity (Wildman–Crippen MR) is 273 cm³/mol. The molecule has 1 atom stereocenters. The van der Waals surface area contributed by atoms with Crippen molar-refractivity contribution in [3.63, 3.8) is 0 Å². The molecule has 1 aromatic heterocycles. The quantitative estimate of drug-likeness (QED) is 0.169. The van der Waals surface area contributed by atoms with Gasteiger partial charge >= 0.3 is 0 Å². The molecule has 8 aromatic carbocycles. The normalized spacial score (nSPS) is 16.9. The lowest BCUT2D eigenvalue weighted by molar-refractivity contribution is 0.683. The van der Waals surface area contributed by atoms with E-state index >= 15 is 0 Å². The van der Waals surface area contributed by atoms with E-state index in [4.69, 9.17) is 11.6 Å². The summed E-state index contributed by atoms with van der Waals surface area (Å²) in [6, 6.07) is 63.5. The maximum absolute atomic E-state index is 7.19. The molecule has 13 rings (SSSR count). The van der Waals surface area contributed by atoms with Crippen molar-refractivity contribution in [3.05, 3.63) is 244 Å². The Hall–Kier alpha value is -6.36. The maximum atomic E-state index is 7.19. The molecule has 1 spiro atoms. The number of halogens is 1. The Morgan fingerprint density at radius 1 is 0.578 bits per heavy atom. The number of allylic oxidation sites excluding steroid dienone is 5. The van der Waals surface area contributed by atoms with E-state index in [1.165, 1.54) is 86.3 Å². The van der Waals surface area contributed by atoms with Crippen LogP contribution in [0.5, 0.6) is 0 Å². The van der Waals surface area contributed by atoms with Crippen molar-refractivity contribution in [2.45, 2.75) is 46.8 Å². The van der Waals surface area contributed by atoms with Gasteiger partial charge in [-0.2, -0.15) is 0 Å². The van der Waals surface area contributed by atoms with E-state index in [0.29, 0.717) is 5.92 Å². The highest BCUT2D eigenvalue weighted by Gasteiger charge is 2.50. The minimum absolute atomic E-state index is 0.0227. The summed E-state index contributed by atoms with van der Waals surface area (Å²) in [5, 5.41) is 3.37. The van der Waals surface area contributed by atoms with Gasteiger partial charge in [-0.25, -0.2) is 0 Å². The molecular formula is C60H42ClNS2. The van der Waals surface area contributed by atoms with Crippen LogP contribution in [0.4, 0.5) is 17.1 Å². The second-order valence-electron chi connectivity index (χ2n) is 18.1. The molecule has 3 aliphatic carbocycles. The summed E-state index contributed by atoms with van der Waals surface area (Å²) < 4.78 is 2.63. The first-order chi connectivity index (χ1) is 31.4. The third-order valence-electron chi connectivity index (χ3n) is 14.2. The van der Waals surface area contributed by atoms with Gasteiger partial charge in [0.05, 0.1) is 10.4 Å². The monoisotopic (exact) mass is 875 g/mol. The Balaban J connectivity index is 1.07. The standard InChI is InChI=1S/C60H42ClNS2/c1-59(2)32-31-40-33-41(27-29-49(40)59)62(43-34-47(57-48(35-43)46-17-8-11-22-55(46)63-57)39-25-23-38(24-26-39)37-13-4-3-5-14-37)42-28-30-56-53(36-42)60(52-20-12-21-54(61)58(52)64-56)50-18-9-6-15-44(50)45-16-7-10-19-51(45)60/h3-23,25-36,38H,24H2,1-2H3. The molecule has 306 valence electrons. The van der Waals surface area contributed by atoms with E-state index in [1.54, 1.807) is 11.8 Å². The molecule has 0 N–H and O–H groups in total. The van der Waals surface area contributed by atoms with Gasteiger partial charge in [0, 0.05) is 63.9 Å². The van der Waals surface area contributed by atoms with Crippen LogP contribution in [0.15, 0.2) is 204 Å². The molecule has 4 heteroatoms. The summed E-state index contributed by atoms with van der Waals surface area (Å²) >= 11 is 10.9. The van der Waals surface area contributed by atoms with E-state index < -0.39 is 5.41 Å². The zero-order valence-electron chi connectivity index (χ0n) is 35.5. The summed E-state index contributed by atoms with van der Waals surface area (Å²) in [7, 11) is 0. The first kappa shape index (κ1) is 38.1. The fourth-order valence-electron chi connectivity index (χ4n) is 11.2. The van der Waals surface area contributed by atoms with Gasteiger partial charge in [0.25, 0.3) is 0 Å². The molecule has 0 fully saturated rings. The average molecular weight is 877 g/mol. The molecule has 0 radical (unpaired) electrons. The second-order valence-corrected chi connectivity index (χ2v) is 20.7. The Bertz CT molecular complexity index is 3470. The lowest BCUT2D eigenvalue weighted by Gasteiger charge is -2.40. The van der Waals surface area contributed by atoms with Crippen molar-refractivity contribution in [1.29, 1.82) is 0 Å². The van der Waals surface area contributed by atoms with Gasteiger partial charge in [0.2, 0.25) is 0 Å². The van der Waals surface area contributed by atoms with Gasteiger partial charge in [-0.1, -0.05) is 183 Å². The second kappa shape index (κ2) is 14.3. The largest absolute Gasteiger partial charge is 0.310 e. The summed E-state index contributed by atoms with van der Waals surface area (Å²) in [6.45, 7) is 4.62. The SMILES string of the molecule is CC1(C)C=Cc2cc(N(c3ccc4c(c3)C3(c5ccccc5-c5ccccc53)c3cccc(Cl)c3S4)c3cc(C4=CCC(c5ccccc5)C=C4)c4sc5ccccc5c4c3)ccc21. The van der Waals surface area contributed by atoms with Gasteiger partial charge in [-0.15, -0.1) is 11.3 Å². The van der Waals surface area contributed by atoms with Gasteiger partial charge in [0.15, 0.2) is 0 Å². The Labute approximate surface area is 387 Å². The molecule has 0 saturated carbocycles. The number of nitrogens with zero attached hydrogens (tertiary/aromatic N) is 1. The van der Waals surface area contributed by atoms with Crippen molar-refractivity contribution < 1.29 is 0 Å². The Morgan fingerprint density at radius 3 is 2.09 bits per heavy atom. The minimum Gasteiger partial charge on any atom is -0.310 e. The van der Waals surface area contributed by atoms with Gasteiger partial charge < -0.3 is 4.90 Å². The molecule has 9 aromatic rings. The molecule has 0 amide bonds. The molecule has 0 saturated heterocycles.